The van der Waals surface area contributed by atoms with Crippen molar-refractivity contribution in [2.75, 3.05) is 20.8 Å². The second-order valence-electron chi connectivity index (χ2n) is 5.51. The minimum atomic E-state index is -0.219. The minimum Gasteiger partial charge on any atom is -0.497 e. The molecule has 0 aliphatic carbocycles. The van der Waals surface area contributed by atoms with Gasteiger partial charge in [-0.1, -0.05) is 24.3 Å². The van der Waals surface area contributed by atoms with E-state index in [0.717, 1.165) is 22.6 Å². The Morgan fingerprint density at radius 1 is 0.800 bits per heavy atom. The molecule has 2 rings (SSSR count). The van der Waals surface area contributed by atoms with Crippen LogP contribution in [0, 0.1) is 0 Å². The molecule has 0 aliphatic rings. The van der Waals surface area contributed by atoms with Crippen LogP contribution in [0.2, 0.25) is 0 Å². The molecule has 0 heterocycles. The molecule has 25 heavy (non-hydrogen) atoms. The number of hydrogen-bond acceptors (Lipinski definition) is 5. The van der Waals surface area contributed by atoms with Gasteiger partial charge in [-0.05, 0) is 41.8 Å². The predicted molar refractivity (Wildman–Crippen MR) is 94.7 cm³/mol. The zero-order valence-corrected chi connectivity index (χ0v) is 14.7. The number of ether oxygens (including phenoxy) is 4. The summed E-state index contributed by atoms with van der Waals surface area (Å²) in [5, 5.41) is 0. The Bertz CT molecular complexity index is 634. The Balaban J connectivity index is 1.56. The smallest absolute Gasteiger partial charge is 0.306 e. The molecule has 0 radical (unpaired) electrons. The van der Waals surface area contributed by atoms with Gasteiger partial charge in [0.25, 0.3) is 0 Å². The lowest BCUT2D eigenvalue weighted by molar-refractivity contribution is -0.145. The topological polar surface area (TPSA) is 54.0 Å². The van der Waals surface area contributed by atoms with Crippen molar-refractivity contribution < 1.29 is 23.7 Å². The first-order valence-electron chi connectivity index (χ1n) is 8.20. The lowest BCUT2D eigenvalue weighted by atomic mass is 10.2. The largest absolute Gasteiger partial charge is 0.497 e. The zero-order valence-electron chi connectivity index (χ0n) is 14.7. The van der Waals surface area contributed by atoms with Gasteiger partial charge in [-0.15, -0.1) is 0 Å². The van der Waals surface area contributed by atoms with Crippen molar-refractivity contribution >= 4 is 5.97 Å². The van der Waals surface area contributed by atoms with Gasteiger partial charge in [-0.3, -0.25) is 4.79 Å². The van der Waals surface area contributed by atoms with Crippen molar-refractivity contribution in [2.24, 2.45) is 0 Å². The van der Waals surface area contributed by atoms with E-state index >= 15 is 0 Å². The van der Waals surface area contributed by atoms with E-state index in [1.165, 1.54) is 0 Å². The second kappa shape index (κ2) is 10.4. The van der Waals surface area contributed by atoms with Gasteiger partial charge < -0.3 is 18.9 Å². The Morgan fingerprint density at radius 3 is 1.84 bits per heavy atom. The third-order valence-corrected chi connectivity index (χ3v) is 3.66. The maximum atomic E-state index is 11.7. The summed E-state index contributed by atoms with van der Waals surface area (Å²) in [5.74, 6) is 1.39. The summed E-state index contributed by atoms with van der Waals surface area (Å²) in [6, 6.07) is 15.2. The highest BCUT2D eigenvalue weighted by Gasteiger charge is 2.04. The maximum Gasteiger partial charge on any atom is 0.306 e. The number of esters is 1. The van der Waals surface area contributed by atoms with Crippen LogP contribution in [-0.2, 0) is 27.5 Å². The first-order chi connectivity index (χ1) is 12.2. The monoisotopic (exact) mass is 344 g/mol. The summed E-state index contributed by atoms with van der Waals surface area (Å²) in [4.78, 5) is 11.7. The molecule has 2 aromatic carbocycles. The van der Waals surface area contributed by atoms with E-state index in [1.54, 1.807) is 14.2 Å². The number of hydrogen-bond donors (Lipinski definition) is 0. The zero-order chi connectivity index (χ0) is 17.9. The van der Waals surface area contributed by atoms with Crippen molar-refractivity contribution in [3.63, 3.8) is 0 Å². The van der Waals surface area contributed by atoms with E-state index in [2.05, 4.69) is 0 Å². The van der Waals surface area contributed by atoms with E-state index in [9.17, 15) is 4.79 Å². The van der Waals surface area contributed by atoms with E-state index in [-0.39, 0.29) is 12.6 Å². The molecule has 0 N–H and O–H groups in total. The van der Waals surface area contributed by atoms with Gasteiger partial charge in [0.15, 0.2) is 0 Å². The van der Waals surface area contributed by atoms with Gasteiger partial charge in [0.1, 0.15) is 18.1 Å². The molecule has 5 nitrogen and oxygen atoms in total. The normalized spacial score (nSPS) is 10.3. The minimum absolute atomic E-state index is 0.219. The predicted octanol–water partition coefficient (Wildman–Crippen LogP) is 3.74. The fourth-order valence-electron chi connectivity index (χ4n) is 2.19. The lowest BCUT2D eigenvalue weighted by Gasteiger charge is -2.07. The van der Waals surface area contributed by atoms with E-state index < -0.39 is 0 Å². The van der Waals surface area contributed by atoms with Gasteiger partial charge in [-0.2, -0.15) is 0 Å². The van der Waals surface area contributed by atoms with Crippen LogP contribution < -0.4 is 9.47 Å². The molecule has 134 valence electrons. The maximum absolute atomic E-state index is 11.7. The highest BCUT2D eigenvalue weighted by molar-refractivity contribution is 5.69. The second-order valence-corrected chi connectivity index (χ2v) is 5.51. The molecule has 2 aromatic rings. The Kier molecular flexibility index (Phi) is 7.79. The van der Waals surface area contributed by atoms with Crippen LogP contribution in [0.25, 0.3) is 0 Å². The molecule has 0 spiro atoms. The average molecular weight is 344 g/mol. The summed E-state index contributed by atoms with van der Waals surface area (Å²) in [5.41, 5.74) is 2.01. The van der Waals surface area contributed by atoms with Crippen LogP contribution >= 0.6 is 0 Å². The molecule has 5 heteroatoms. The third-order valence-electron chi connectivity index (χ3n) is 3.66. The van der Waals surface area contributed by atoms with Crippen molar-refractivity contribution in [1.82, 2.24) is 0 Å². The van der Waals surface area contributed by atoms with Gasteiger partial charge in [-0.25, -0.2) is 0 Å². The summed E-state index contributed by atoms with van der Waals surface area (Å²) < 4.78 is 21.0. The van der Waals surface area contributed by atoms with E-state index in [0.29, 0.717) is 26.1 Å². The van der Waals surface area contributed by atoms with Crippen LogP contribution in [-0.4, -0.2) is 26.8 Å². The molecule has 0 fully saturated rings. The van der Waals surface area contributed by atoms with E-state index in [1.807, 2.05) is 48.5 Å². The Morgan fingerprint density at radius 2 is 1.32 bits per heavy atom. The van der Waals surface area contributed by atoms with Crippen molar-refractivity contribution in [3.8, 4) is 11.5 Å². The standard InChI is InChI=1S/C20H24O5/c1-22-18-9-5-16(6-10-18)14-24-13-3-4-20(21)25-15-17-7-11-19(23-2)12-8-17/h5-12H,3-4,13-15H2,1-2H3. The highest BCUT2D eigenvalue weighted by Crippen LogP contribution is 2.13. The Hall–Kier alpha value is -2.53. The molecule has 0 saturated carbocycles. The van der Waals surface area contributed by atoms with Crippen LogP contribution in [0.1, 0.15) is 24.0 Å². The number of benzene rings is 2. The number of rotatable bonds is 10. The quantitative estimate of drug-likeness (QED) is 0.485. The van der Waals surface area contributed by atoms with Crippen LogP contribution in [0.3, 0.4) is 0 Å². The lowest BCUT2D eigenvalue weighted by Crippen LogP contribution is -2.06. The average Bonchev–Trinajstić information content (AvgIpc) is 2.67. The van der Waals surface area contributed by atoms with E-state index in [4.69, 9.17) is 18.9 Å². The molecular weight excluding hydrogens is 320 g/mol. The fourth-order valence-corrected chi connectivity index (χ4v) is 2.19. The summed E-state index contributed by atoms with van der Waals surface area (Å²) >= 11 is 0. The number of methoxy groups -OCH3 is 2. The first kappa shape index (κ1) is 18.8. The molecule has 0 atom stereocenters. The first-order valence-corrected chi connectivity index (χ1v) is 8.20. The molecule has 0 unspecified atom stereocenters. The highest BCUT2D eigenvalue weighted by atomic mass is 16.5. The number of carbonyl (C=O) groups is 1. The number of carbonyl (C=O) groups excluding carboxylic acids is 1. The van der Waals surface area contributed by atoms with Crippen molar-refractivity contribution in [2.45, 2.75) is 26.1 Å². The molecule has 0 saturated heterocycles. The fraction of sp³-hybridized carbons (Fsp3) is 0.350. The Labute approximate surface area is 148 Å². The summed E-state index contributed by atoms with van der Waals surface area (Å²) in [7, 11) is 3.25. The summed E-state index contributed by atoms with van der Waals surface area (Å²) in [6.45, 7) is 1.31. The van der Waals surface area contributed by atoms with Gasteiger partial charge in [0.2, 0.25) is 0 Å². The van der Waals surface area contributed by atoms with Gasteiger partial charge in [0.05, 0.1) is 20.8 Å². The van der Waals surface area contributed by atoms with Crippen molar-refractivity contribution in [1.29, 1.82) is 0 Å². The van der Waals surface area contributed by atoms with Gasteiger partial charge >= 0.3 is 5.97 Å². The van der Waals surface area contributed by atoms with Crippen molar-refractivity contribution in [3.05, 3.63) is 59.7 Å². The summed E-state index contributed by atoms with van der Waals surface area (Å²) in [6.07, 6.45) is 0.983. The van der Waals surface area contributed by atoms with Crippen LogP contribution in [0.4, 0.5) is 0 Å². The molecule has 0 aliphatic heterocycles. The van der Waals surface area contributed by atoms with Gasteiger partial charge in [0, 0.05) is 13.0 Å². The van der Waals surface area contributed by atoms with Crippen LogP contribution in [0.15, 0.2) is 48.5 Å². The third kappa shape index (κ3) is 6.85. The molecule has 0 amide bonds. The van der Waals surface area contributed by atoms with Crippen LogP contribution in [0.5, 0.6) is 11.5 Å². The SMILES string of the molecule is COc1ccc(COCCCC(=O)OCc2ccc(OC)cc2)cc1. The molecule has 0 aromatic heterocycles. The molecule has 0 bridgehead atoms. The molecular formula is C20H24O5.